The molecule has 0 unspecified atom stereocenters. The Morgan fingerprint density at radius 1 is 0.800 bits per heavy atom. The van der Waals surface area contributed by atoms with Crippen molar-refractivity contribution in [1.29, 1.82) is 0 Å². The molecular formula is C10H3Cl2F9O3S. The van der Waals surface area contributed by atoms with Gasteiger partial charge < -0.3 is 4.18 Å². The van der Waals surface area contributed by atoms with E-state index in [2.05, 4.69) is 4.18 Å². The minimum absolute atomic E-state index is 0.257. The first-order valence-corrected chi connectivity index (χ1v) is 7.64. The van der Waals surface area contributed by atoms with Crippen molar-refractivity contribution >= 4 is 33.3 Å². The predicted molar refractivity (Wildman–Crippen MR) is 66.9 cm³/mol. The molecule has 0 N–H and O–H groups in total. The lowest BCUT2D eigenvalue weighted by Gasteiger charge is -2.32. The number of benzene rings is 1. The van der Waals surface area contributed by atoms with Crippen LogP contribution in [0.25, 0.3) is 0 Å². The summed E-state index contributed by atoms with van der Waals surface area (Å²) in [4.78, 5) is 0. The summed E-state index contributed by atoms with van der Waals surface area (Å²) in [6, 6.07) is 1.70. The molecule has 0 bridgehead atoms. The maximum Gasteiger partial charge on any atom is 0.460 e. The number of alkyl halides is 9. The van der Waals surface area contributed by atoms with Crippen molar-refractivity contribution in [2.75, 3.05) is 0 Å². The van der Waals surface area contributed by atoms with Gasteiger partial charge in [0.1, 0.15) is 5.75 Å². The Morgan fingerprint density at radius 3 is 1.68 bits per heavy atom. The van der Waals surface area contributed by atoms with Crippen molar-refractivity contribution in [3.05, 3.63) is 28.2 Å². The van der Waals surface area contributed by atoms with Crippen LogP contribution in [0.2, 0.25) is 10.0 Å². The molecule has 0 heterocycles. The minimum Gasteiger partial charge on any atom is -0.378 e. The van der Waals surface area contributed by atoms with Gasteiger partial charge in [-0.25, -0.2) is 0 Å². The van der Waals surface area contributed by atoms with E-state index in [0.29, 0.717) is 12.1 Å². The van der Waals surface area contributed by atoms with Crippen LogP contribution in [-0.4, -0.2) is 31.7 Å². The molecule has 0 aliphatic rings. The number of hydrogen-bond acceptors (Lipinski definition) is 3. The highest BCUT2D eigenvalue weighted by Gasteiger charge is 2.86. The molecule has 3 nitrogen and oxygen atoms in total. The Balaban J connectivity index is 3.36. The average Bonchev–Trinajstić information content (AvgIpc) is 2.40. The summed E-state index contributed by atoms with van der Waals surface area (Å²) >= 11 is 10.8. The normalized spacial score (nSPS) is 14.5. The zero-order valence-electron chi connectivity index (χ0n) is 11.0. The van der Waals surface area contributed by atoms with Crippen molar-refractivity contribution in [3.63, 3.8) is 0 Å². The van der Waals surface area contributed by atoms with Crippen LogP contribution in [0.5, 0.6) is 5.75 Å². The molecule has 1 aromatic carbocycles. The van der Waals surface area contributed by atoms with E-state index in [4.69, 9.17) is 23.2 Å². The monoisotopic (exact) mass is 444 g/mol. The molecule has 0 saturated heterocycles. The lowest BCUT2D eigenvalue weighted by Crippen LogP contribution is -2.63. The molecule has 0 atom stereocenters. The first-order chi connectivity index (χ1) is 10.9. The number of halogens is 11. The molecule has 0 saturated carbocycles. The summed E-state index contributed by atoms with van der Waals surface area (Å²) in [5.41, 5.74) is 0. The summed E-state index contributed by atoms with van der Waals surface area (Å²) in [7, 11) is -7.01. The topological polar surface area (TPSA) is 43.4 Å². The minimum atomic E-state index is -7.38. The number of hydrogen-bond donors (Lipinski definition) is 0. The van der Waals surface area contributed by atoms with E-state index in [1.807, 2.05) is 0 Å². The van der Waals surface area contributed by atoms with Gasteiger partial charge in [-0.3, -0.25) is 0 Å². The highest BCUT2D eigenvalue weighted by molar-refractivity contribution is 7.88. The molecule has 0 amide bonds. The molecule has 0 spiro atoms. The van der Waals surface area contributed by atoms with Gasteiger partial charge in [0.15, 0.2) is 0 Å². The van der Waals surface area contributed by atoms with E-state index >= 15 is 0 Å². The van der Waals surface area contributed by atoms with Crippen molar-refractivity contribution in [2.45, 2.75) is 23.3 Å². The Kier molecular flexibility index (Phi) is 5.51. The standard InChI is InChI=1S/C10H3Cl2F9O3S/c11-5-2-1-4(3-6(5)12)24-25(22,23)10(20,21)8(15,16)7(13,14)9(17,18)19/h1-3H. The molecule has 0 aliphatic carbocycles. The van der Waals surface area contributed by atoms with Crippen LogP contribution in [-0.2, 0) is 10.1 Å². The largest absolute Gasteiger partial charge is 0.460 e. The van der Waals surface area contributed by atoms with Crippen LogP contribution in [0, 0.1) is 0 Å². The molecule has 0 radical (unpaired) electrons. The summed E-state index contributed by atoms with van der Waals surface area (Å²) in [5, 5.41) is -7.72. The second-order valence-electron chi connectivity index (χ2n) is 4.28. The van der Waals surface area contributed by atoms with Gasteiger partial charge in [-0.1, -0.05) is 23.2 Å². The Labute approximate surface area is 143 Å². The maximum atomic E-state index is 13.4. The quantitative estimate of drug-likeness (QED) is 0.467. The molecule has 15 heteroatoms. The number of rotatable bonds is 5. The third-order valence-corrected chi connectivity index (χ3v) is 4.56. The van der Waals surface area contributed by atoms with E-state index in [1.165, 1.54) is 0 Å². The molecule has 1 aromatic rings. The lowest BCUT2D eigenvalue weighted by atomic mass is 10.1. The maximum absolute atomic E-state index is 13.4. The Bertz CT molecular complexity index is 761. The van der Waals surface area contributed by atoms with Gasteiger partial charge in [-0.2, -0.15) is 47.9 Å². The molecule has 0 fully saturated rings. The molecule has 25 heavy (non-hydrogen) atoms. The molecular weight excluding hydrogens is 442 g/mol. The highest BCUT2D eigenvalue weighted by atomic mass is 35.5. The smallest absolute Gasteiger partial charge is 0.378 e. The van der Waals surface area contributed by atoms with Crippen LogP contribution in [0.15, 0.2) is 18.2 Å². The molecule has 0 aliphatic heterocycles. The van der Waals surface area contributed by atoms with Crippen molar-refractivity contribution in [1.82, 2.24) is 0 Å². The summed E-state index contributed by atoms with van der Waals surface area (Å²) in [5.74, 6) is -15.9. The summed E-state index contributed by atoms with van der Waals surface area (Å²) in [6.07, 6.45) is -7.17. The van der Waals surface area contributed by atoms with Crippen molar-refractivity contribution < 1.29 is 52.1 Å². The van der Waals surface area contributed by atoms with Crippen molar-refractivity contribution in [3.8, 4) is 5.75 Å². The van der Waals surface area contributed by atoms with Crippen LogP contribution < -0.4 is 4.18 Å². The van der Waals surface area contributed by atoms with E-state index in [-0.39, 0.29) is 5.02 Å². The van der Waals surface area contributed by atoms with Gasteiger partial charge >= 0.3 is 33.4 Å². The van der Waals surface area contributed by atoms with Crippen LogP contribution in [0.4, 0.5) is 39.5 Å². The van der Waals surface area contributed by atoms with E-state index < -0.39 is 44.2 Å². The van der Waals surface area contributed by atoms with E-state index in [9.17, 15) is 47.9 Å². The molecule has 1 rings (SSSR count). The van der Waals surface area contributed by atoms with Crippen LogP contribution >= 0.6 is 23.2 Å². The molecule has 0 aromatic heterocycles. The first-order valence-electron chi connectivity index (χ1n) is 5.48. The average molecular weight is 445 g/mol. The van der Waals surface area contributed by atoms with Crippen LogP contribution in [0.3, 0.4) is 0 Å². The van der Waals surface area contributed by atoms with E-state index in [0.717, 1.165) is 6.07 Å². The second kappa shape index (κ2) is 6.27. The van der Waals surface area contributed by atoms with E-state index in [1.54, 1.807) is 0 Å². The second-order valence-corrected chi connectivity index (χ2v) is 6.68. The van der Waals surface area contributed by atoms with Gasteiger partial charge in [0.25, 0.3) is 0 Å². The zero-order chi connectivity index (χ0) is 20.1. The summed E-state index contributed by atoms with van der Waals surface area (Å²) < 4.78 is 140. The third kappa shape index (κ3) is 3.58. The zero-order valence-corrected chi connectivity index (χ0v) is 13.4. The fourth-order valence-electron chi connectivity index (χ4n) is 1.23. The van der Waals surface area contributed by atoms with Gasteiger partial charge in [-0.15, -0.1) is 0 Å². The van der Waals surface area contributed by atoms with Crippen LogP contribution in [0.1, 0.15) is 0 Å². The Morgan fingerprint density at radius 2 is 1.28 bits per heavy atom. The van der Waals surface area contributed by atoms with Gasteiger partial charge in [0, 0.05) is 6.07 Å². The van der Waals surface area contributed by atoms with Crippen molar-refractivity contribution in [2.24, 2.45) is 0 Å². The third-order valence-electron chi connectivity index (χ3n) is 2.53. The lowest BCUT2D eigenvalue weighted by molar-refractivity contribution is -0.382. The van der Waals surface area contributed by atoms with Gasteiger partial charge in [0.2, 0.25) is 0 Å². The SMILES string of the molecule is O=S(=O)(Oc1ccc(Cl)c(Cl)c1)C(F)(F)C(F)(F)C(F)(F)C(F)(F)F. The molecule has 144 valence electrons. The fourth-order valence-corrected chi connectivity index (χ4v) is 2.42. The summed E-state index contributed by atoms with van der Waals surface area (Å²) in [6.45, 7) is 0. The highest BCUT2D eigenvalue weighted by Crippen LogP contribution is 2.55. The van der Waals surface area contributed by atoms with Gasteiger partial charge in [0.05, 0.1) is 10.0 Å². The fraction of sp³-hybridized carbons (Fsp3) is 0.400. The Hall–Kier alpha value is -1.08. The van der Waals surface area contributed by atoms with Gasteiger partial charge in [-0.05, 0) is 12.1 Å². The first kappa shape index (κ1) is 22.0. The predicted octanol–water partition coefficient (Wildman–Crippen LogP) is 5.13.